The zero-order chi connectivity index (χ0) is 21.7. The summed E-state index contributed by atoms with van der Waals surface area (Å²) in [5.74, 6) is 2.47. The number of hydrogen-bond donors (Lipinski definition) is 1. The first-order valence-corrected chi connectivity index (χ1v) is 12.4. The number of fused-ring (bicyclic) bond motifs is 1. The van der Waals surface area contributed by atoms with Crippen LogP contribution in [0.3, 0.4) is 0 Å². The summed E-state index contributed by atoms with van der Waals surface area (Å²) < 4.78 is 5.41. The normalized spacial score (nSPS) is 27.5. The molecule has 2 heterocycles. The Hall–Kier alpha value is -1.08. The van der Waals surface area contributed by atoms with E-state index < -0.39 is 0 Å². The molecule has 1 aliphatic carbocycles. The van der Waals surface area contributed by atoms with Crippen LogP contribution in [0.15, 0.2) is 34.4 Å². The summed E-state index contributed by atoms with van der Waals surface area (Å²) in [5, 5.41) is 3.51. The third-order valence-corrected chi connectivity index (χ3v) is 7.70. The first-order valence-electron chi connectivity index (χ1n) is 11.4. The molecule has 0 aromatic carbocycles. The fraction of sp³-hybridized carbons (Fsp3) is 0.708. The Morgan fingerprint density at radius 2 is 2.13 bits per heavy atom. The van der Waals surface area contributed by atoms with Crippen molar-refractivity contribution in [2.75, 3.05) is 45.6 Å². The predicted molar refractivity (Wildman–Crippen MR) is 126 cm³/mol. The quantitative estimate of drug-likeness (QED) is 0.633. The third kappa shape index (κ3) is 5.78. The van der Waals surface area contributed by atoms with Crippen molar-refractivity contribution in [1.29, 1.82) is 0 Å². The molecule has 2 saturated heterocycles. The smallest absolute Gasteiger partial charge is 0.241 e. The highest BCUT2D eigenvalue weighted by molar-refractivity contribution is 8.03. The van der Waals surface area contributed by atoms with Crippen LogP contribution in [0.2, 0.25) is 0 Å². The van der Waals surface area contributed by atoms with Crippen molar-refractivity contribution >= 4 is 17.7 Å². The van der Waals surface area contributed by atoms with E-state index in [1.54, 1.807) is 7.11 Å². The number of likely N-dealkylation sites (tertiary alicyclic amines) is 1. The Morgan fingerprint density at radius 1 is 1.33 bits per heavy atom. The van der Waals surface area contributed by atoms with Crippen LogP contribution in [0.1, 0.15) is 40.5 Å². The van der Waals surface area contributed by atoms with E-state index in [1.165, 1.54) is 10.5 Å². The highest BCUT2D eigenvalue weighted by Crippen LogP contribution is 2.38. The maximum absolute atomic E-state index is 13.4. The Kier molecular flexibility index (Phi) is 8.63. The first kappa shape index (κ1) is 23.6. The second-order valence-corrected chi connectivity index (χ2v) is 10.4. The number of allylic oxidation sites excluding steroid dienone is 5. The number of ether oxygens (including phenoxy) is 1. The van der Waals surface area contributed by atoms with Gasteiger partial charge in [-0.1, -0.05) is 39.0 Å². The van der Waals surface area contributed by atoms with E-state index in [4.69, 9.17) is 4.74 Å². The molecule has 0 bridgehead atoms. The fourth-order valence-corrected chi connectivity index (χ4v) is 5.40. The lowest BCUT2D eigenvalue weighted by molar-refractivity contribution is -0.131. The topological polar surface area (TPSA) is 44.8 Å². The van der Waals surface area contributed by atoms with Crippen LogP contribution in [0.5, 0.6) is 0 Å². The molecule has 0 radical (unpaired) electrons. The fourth-order valence-electron chi connectivity index (χ4n) is 4.49. The van der Waals surface area contributed by atoms with Crippen LogP contribution in [0.25, 0.3) is 0 Å². The highest BCUT2D eigenvalue weighted by Gasteiger charge is 2.36. The molecule has 3 aliphatic rings. The van der Waals surface area contributed by atoms with E-state index in [0.717, 1.165) is 43.9 Å². The molecule has 0 spiro atoms. The summed E-state index contributed by atoms with van der Waals surface area (Å²) >= 11 is 1.95. The van der Waals surface area contributed by atoms with Crippen LogP contribution < -0.4 is 5.32 Å². The van der Waals surface area contributed by atoms with Crippen molar-refractivity contribution in [2.24, 2.45) is 11.8 Å². The number of methoxy groups -OCH3 is 1. The van der Waals surface area contributed by atoms with Gasteiger partial charge in [-0.2, -0.15) is 0 Å². The molecule has 168 valence electrons. The molecule has 1 unspecified atom stereocenters. The number of hydrogen-bond acceptors (Lipinski definition) is 5. The van der Waals surface area contributed by atoms with Crippen molar-refractivity contribution in [3.63, 3.8) is 0 Å². The van der Waals surface area contributed by atoms with Gasteiger partial charge in [-0.3, -0.25) is 9.69 Å². The Balaban J connectivity index is 1.72. The summed E-state index contributed by atoms with van der Waals surface area (Å²) in [6, 6.07) is 0.642. The lowest BCUT2D eigenvalue weighted by atomic mass is 9.98. The monoisotopic (exact) mass is 433 g/mol. The molecule has 3 atom stereocenters. The molecule has 3 rings (SSSR count). The molecule has 30 heavy (non-hydrogen) atoms. The SMILES string of the molecule is CCC1CN(C(=O)CN2C[C@@H](C)NC[C@@H]2COC)C2=CCC(SCC(C)C)=CC=C21. The van der Waals surface area contributed by atoms with Gasteiger partial charge >= 0.3 is 0 Å². The van der Waals surface area contributed by atoms with Gasteiger partial charge < -0.3 is 15.0 Å². The van der Waals surface area contributed by atoms with Gasteiger partial charge in [0.1, 0.15) is 0 Å². The minimum absolute atomic E-state index is 0.219. The second-order valence-electron chi connectivity index (χ2n) is 9.21. The molecular formula is C24H39N3O2S. The minimum Gasteiger partial charge on any atom is -0.383 e. The first-order chi connectivity index (χ1) is 14.4. The van der Waals surface area contributed by atoms with Crippen molar-refractivity contribution < 1.29 is 9.53 Å². The molecule has 0 saturated carbocycles. The standard InChI is InChI=1S/C24H39N3O2S/c1-6-19-13-27(23-10-8-21(7-9-22(19)23)30-16-17(2)3)24(28)14-26-12-18(4)25-11-20(26)15-29-5/h7,9-10,17-20,25H,6,8,11-16H2,1-5H3/t18-,19?,20-/m1/s1. The van der Waals surface area contributed by atoms with Gasteiger partial charge in [0.25, 0.3) is 0 Å². The lowest BCUT2D eigenvalue weighted by Gasteiger charge is -2.39. The van der Waals surface area contributed by atoms with E-state index in [0.29, 0.717) is 31.0 Å². The molecule has 2 fully saturated rings. The number of carbonyl (C=O) groups excluding carboxylic acids is 1. The van der Waals surface area contributed by atoms with Crippen molar-refractivity contribution in [1.82, 2.24) is 15.1 Å². The second kappa shape index (κ2) is 11.0. The molecule has 1 N–H and O–H groups in total. The van der Waals surface area contributed by atoms with E-state index in [9.17, 15) is 4.79 Å². The maximum atomic E-state index is 13.4. The molecule has 6 heteroatoms. The van der Waals surface area contributed by atoms with E-state index >= 15 is 0 Å². The van der Waals surface area contributed by atoms with Gasteiger partial charge in [0.2, 0.25) is 5.91 Å². The van der Waals surface area contributed by atoms with Crippen molar-refractivity contribution in [3.05, 3.63) is 34.4 Å². The predicted octanol–water partition coefficient (Wildman–Crippen LogP) is 3.65. The van der Waals surface area contributed by atoms with Gasteiger partial charge in [-0.05, 0) is 36.2 Å². The third-order valence-electron chi connectivity index (χ3n) is 6.19. The van der Waals surface area contributed by atoms with Crippen LogP contribution in [-0.2, 0) is 9.53 Å². The Labute approximate surface area is 187 Å². The van der Waals surface area contributed by atoms with Crippen LogP contribution in [-0.4, -0.2) is 73.4 Å². The number of nitrogens with one attached hydrogen (secondary N) is 1. The molecule has 0 aromatic heterocycles. The zero-order valence-corrected chi connectivity index (χ0v) is 20.1. The van der Waals surface area contributed by atoms with Crippen LogP contribution >= 0.6 is 11.8 Å². The maximum Gasteiger partial charge on any atom is 0.241 e. The highest BCUT2D eigenvalue weighted by atomic mass is 32.2. The average molecular weight is 434 g/mol. The molecule has 0 aromatic rings. The van der Waals surface area contributed by atoms with Gasteiger partial charge in [-0.25, -0.2) is 0 Å². The van der Waals surface area contributed by atoms with Crippen molar-refractivity contribution in [2.45, 2.75) is 52.6 Å². The van der Waals surface area contributed by atoms with Gasteiger partial charge in [0.05, 0.1) is 13.2 Å². The number of amides is 1. The largest absolute Gasteiger partial charge is 0.383 e. The number of nitrogens with zero attached hydrogens (tertiary/aromatic N) is 2. The lowest BCUT2D eigenvalue weighted by Crippen LogP contribution is -2.59. The summed E-state index contributed by atoms with van der Waals surface area (Å²) in [6.45, 7) is 12.6. The summed E-state index contributed by atoms with van der Waals surface area (Å²) in [5.41, 5.74) is 2.49. The summed E-state index contributed by atoms with van der Waals surface area (Å²) in [7, 11) is 1.74. The molecule has 1 amide bonds. The van der Waals surface area contributed by atoms with Gasteiger partial charge in [0.15, 0.2) is 0 Å². The Morgan fingerprint density at radius 3 is 2.83 bits per heavy atom. The Bertz CT molecular complexity index is 701. The van der Waals surface area contributed by atoms with E-state index in [2.05, 4.69) is 61.0 Å². The van der Waals surface area contributed by atoms with Crippen LogP contribution in [0, 0.1) is 11.8 Å². The molecule has 2 aliphatic heterocycles. The molecular weight excluding hydrogens is 394 g/mol. The van der Waals surface area contributed by atoms with Crippen molar-refractivity contribution in [3.8, 4) is 0 Å². The van der Waals surface area contributed by atoms with Crippen LogP contribution in [0.4, 0.5) is 0 Å². The number of piperazine rings is 1. The van der Waals surface area contributed by atoms with E-state index in [-0.39, 0.29) is 11.9 Å². The summed E-state index contributed by atoms with van der Waals surface area (Å²) in [4.78, 5) is 19.2. The number of carbonyl (C=O) groups is 1. The van der Waals surface area contributed by atoms with Gasteiger partial charge in [0, 0.05) is 56.2 Å². The van der Waals surface area contributed by atoms with Gasteiger partial charge in [-0.15, -0.1) is 11.8 Å². The minimum atomic E-state index is 0.219. The van der Waals surface area contributed by atoms with E-state index in [1.807, 2.05) is 11.8 Å². The average Bonchev–Trinajstić information content (AvgIpc) is 2.93. The zero-order valence-electron chi connectivity index (χ0n) is 19.3. The summed E-state index contributed by atoms with van der Waals surface area (Å²) in [6.07, 6.45) is 8.84. The number of rotatable bonds is 8. The number of thioether (sulfide) groups is 1. The molecule has 5 nitrogen and oxygen atoms in total.